The second-order valence-corrected chi connectivity index (χ2v) is 6.76. The molecule has 2 heterocycles. The molecule has 6 heteroatoms. The van der Waals surface area contributed by atoms with Crippen molar-refractivity contribution >= 4 is 22.5 Å². The van der Waals surface area contributed by atoms with Crippen molar-refractivity contribution in [3.8, 4) is 0 Å². The van der Waals surface area contributed by atoms with Crippen LogP contribution in [0.3, 0.4) is 0 Å². The van der Waals surface area contributed by atoms with E-state index in [9.17, 15) is 4.79 Å². The molecule has 1 aromatic rings. The van der Waals surface area contributed by atoms with Crippen LogP contribution in [0.15, 0.2) is 11.6 Å². The lowest BCUT2D eigenvalue weighted by molar-refractivity contribution is 0.231. The summed E-state index contributed by atoms with van der Waals surface area (Å²) >= 11 is 1.65. The lowest BCUT2D eigenvalue weighted by Gasteiger charge is -2.26. The minimum absolute atomic E-state index is 0.0986. The first-order valence-corrected chi connectivity index (χ1v) is 7.56. The molecule has 1 saturated heterocycles. The topological polar surface area (TPSA) is 57.3 Å². The maximum Gasteiger partial charge on any atom is 0.315 e. The van der Waals surface area contributed by atoms with Gasteiger partial charge in [-0.2, -0.15) is 0 Å². The molecule has 1 aliphatic heterocycles. The van der Waals surface area contributed by atoms with E-state index in [1.807, 2.05) is 32.3 Å². The highest BCUT2D eigenvalue weighted by Gasteiger charge is 2.26. The molecule has 0 saturated carbocycles. The van der Waals surface area contributed by atoms with Gasteiger partial charge in [-0.3, -0.25) is 0 Å². The Bertz CT molecular complexity index is 413. The monoisotopic (exact) mass is 282 g/mol. The first-order chi connectivity index (χ1) is 8.96. The fourth-order valence-electron chi connectivity index (χ4n) is 2.25. The molecule has 1 aromatic heterocycles. The summed E-state index contributed by atoms with van der Waals surface area (Å²) in [5, 5.41) is 8.92. The first-order valence-electron chi connectivity index (χ1n) is 6.68. The average Bonchev–Trinajstić information content (AvgIpc) is 2.94. The van der Waals surface area contributed by atoms with E-state index in [1.165, 1.54) is 0 Å². The SMILES string of the molecule is CC(C)(C)NC(=O)NC[C@H]1CCCN1c1nccs1. The quantitative estimate of drug-likeness (QED) is 0.893. The van der Waals surface area contributed by atoms with Crippen molar-refractivity contribution in [2.75, 3.05) is 18.0 Å². The molecule has 0 bridgehead atoms. The molecule has 106 valence electrons. The van der Waals surface area contributed by atoms with Gasteiger partial charge in [0, 0.05) is 36.2 Å². The van der Waals surface area contributed by atoms with Crippen molar-refractivity contribution in [3.63, 3.8) is 0 Å². The number of amides is 2. The van der Waals surface area contributed by atoms with E-state index in [2.05, 4.69) is 20.5 Å². The van der Waals surface area contributed by atoms with Gasteiger partial charge in [-0.15, -0.1) is 11.3 Å². The molecule has 1 aliphatic rings. The van der Waals surface area contributed by atoms with Crippen LogP contribution in [-0.2, 0) is 0 Å². The molecule has 0 unspecified atom stereocenters. The summed E-state index contributed by atoms with van der Waals surface area (Å²) in [6.07, 6.45) is 4.09. The highest BCUT2D eigenvalue weighted by atomic mass is 32.1. The Balaban J connectivity index is 1.84. The summed E-state index contributed by atoms with van der Waals surface area (Å²) in [6, 6.07) is 0.260. The zero-order valence-electron chi connectivity index (χ0n) is 11.8. The summed E-state index contributed by atoms with van der Waals surface area (Å²) in [5.74, 6) is 0. The Labute approximate surface area is 118 Å². The number of hydrogen-bond acceptors (Lipinski definition) is 4. The molecule has 1 fully saturated rings. The molecule has 1 atom stereocenters. The van der Waals surface area contributed by atoms with Crippen LogP contribution in [0.4, 0.5) is 9.93 Å². The van der Waals surface area contributed by atoms with Crippen molar-refractivity contribution < 1.29 is 4.79 Å². The third-order valence-electron chi connectivity index (χ3n) is 3.03. The van der Waals surface area contributed by atoms with Crippen LogP contribution in [0.25, 0.3) is 0 Å². The molecule has 5 nitrogen and oxygen atoms in total. The van der Waals surface area contributed by atoms with Crippen LogP contribution < -0.4 is 15.5 Å². The van der Waals surface area contributed by atoms with E-state index < -0.39 is 0 Å². The van der Waals surface area contributed by atoms with Gasteiger partial charge in [-0.25, -0.2) is 9.78 Å². The predicted molar refractivity (Wildman–Crippen MR) is 78.8 cm³/mol. The number of carbonyl (C=O) groups is 1. The van der Waals surface area contributed by atoms with Gasteiger partial charge >= 0.3 is 6.03 Å². The Morgan fingerprint density at radius 3 is 3.00 bits per heavy atom. The number of anilines is 1. The van der Waals surface area contributed by atoms with Gasteiger partial charge in [0.1, 0.15) is 0 Å². The summed E-state index contributed by atoms with van der Waals surface area (Å²) in [6.45, 7) is 7.63. The number of hydrogen-bond donors (Lipinski definition) is 2. The normalized spacial score (nSPS) is 19.5. The van der Waals surface area contributed by atoms with Crippen molar-refractivity contribution in [2.24, 2.45) is 0 Å². The predicted octanol–water partition coefficient (Wildman–Crippen LogP) is 2.21. The first kappa shape index (κ1) is 14.1. The van der Waals surface area contributed by atoms with Crippen molar-refractivity contribution in [3.05, 3.63) is 11.6 Å². The fraction of sp³-hybridized carbons (Fsp3) is 0.692. The van der Waals surface area contributed by atoms with E-state index in [4.69, 9.17) is 0 Å². The highest BCUT2D eigenvalue weighted by molar-refractivity contribution is 7.13. The molecule has 19 heavy (non-hydrogen) atoms. The minimum Gasteiger partial charge on any atom is -0.343 e. The molecule has 0 spiro atoms. The number of nitrogens with one attached hydrogen (secondary N) is 2. The summed E-state index contributed by atoms with van der Waals surface area (Å²) < 4.78 is 0. The zero-order chi connectivity index (χ0) is 13.9. The zero-order valence-corrected chi connectivity index (χ0v) is 12.6. The van der Waals surface area contributed by atoms with E-state index in [0.717, 1.165) is 24.5 Å². The Hall–Kier alpha value is -1.30. The fourth-order valence-corrected chi connectivity index (χ4v) is 2.99. The lowest BCUT2D eigenvalue weighted by Crippen LogP contribution is -2.49. The van der Waals surface area contributed by atoms with Gasteiger partial charge in [0.15, 0.2) is 5.13 Å². The smallest absolute Gasteiger partial charge is 0.315 e. The Kier molecular flexibility index (Phi) is 4.29. The number of aromatic nitrogens is 1. The maximum absolute atomic E-state index is 11.8. The third kappa shape index (κ3) is 4.09. The maximum atomic E-state index is 11.8. The number of carbonyl (C=O) groups excluding carboxylic acids is 1. The van der Waals surface area contributed by atoms with Gasteiger partial charge in [-0.05, 0) is 33.6 Å². The number of nitrogens with zero attached hydrogens (tertiary/aromatic N) is 2. The van der Waals surface area contributed by atoms with E-state index in [0.29, 0.717) is 12.6 Å². The lowest BCUT2D eigenvalue weighted by atomic mass is 10.1. The van der Waals surface area contributed by atoms with Crippen molar-refractivity contribution in [1.29, 1.82) is 0 Å². The third-order valence-corrected chi connectivity index (χ3v) is 3.84. The molecule has 2 rings (SSSR count). The second kappa shape index (κ2) is 5.77. The molecule has 2 N–H and O–H groups in total. The molecule has 0 aromatic carbocycles. The highest BCUT2D eigenvalue weighted by Crippen LogP contribution is 2.26. The van der Waals surface area contributed by atoms with Gasteiger partial charge in [-0.1, -0.05) is 0 Å². The molecular formula is C13H22N4OS. The van der Waals surface area contributed by atoms with Crippen LogP contribution in [0.1, 0.15) is 33.6 Å². The van der Waals surface area contributed by atoms with Gasteiger partial charge < -0.3 is 15.5 Å². The second-order valence-electron chi connectivity index (χ2n) is 5.89. The Morgan fingerprint density at radius 2 is 2.37 bits per heavy atom. The Morgan fingerprint density at radius 1 is 1.58 bits per heavy atom. The number of rotatable bonds is 3. The summed E-state index contributed by atoms with van der Waals surface area (Å²) in [5.41, 5.74) is -0.200. The largest absolute Gasteiger partial charge is 0.343 e. The average molecular weight is 282 g/mol. The summed E-state index contributed by atoms with van der Waals surface area (Å²) in [4.78, 5) is 18.4. The van der Waals surface area contributed by atoms with Crippen LogP contribution in [0, 0.1) is 0 Å². The standard InChI is InChI=1S/C13H22N4OS/c1-13(2,3)16-11(18)15-9-10-5-4-7-17(10)12-14-6-8-19-12/h6,8,10H,4-5,7,9H2,1-3H3,(H2,15,16,18)/t10-/m1/s1. The van der Waals surface area contributed by atoms with Gasteiger partial charge in [0.2, 0.25) is 0 Å². The van der Waals surface area contributed by atoms with E-state index in [1.54, 1.807) is 11.3 Å². The van der Waals surface area contributed by atoms with Crippen LogP contribution >= 0.6 is 11.3 Å². The van der Waals surface area contributed by atoms with Crippen molar-refractivity contribution in [2.45, 2.75) is 45.2 Å². The number of thiazole rings is 1. The van der Waals surface area contributed by atoms with Crippen LogP contribution in [0.5, 0.6) is 0 Å². The van der Waals surface area contributed by atoms with Crippen LogP contribution in [0.2, 0.25) is 0 Å². The van der Waals surface area contributed by atoms with Crippen LogP contribution in [-0.4, -0.2) is 35.7 Å². The van der Waals surface area contributed by atoms with E-state index >= 15 is 0 Å². The van der Waals surface area contributed by atoms with Gasteiger partial charge in [0.25, 0.3) is 0 Å². The molecule has 0 aliphatic carbocycles. The number of urea groups is 1. The summed E-state index contributed by atoms with van der Waals surface area (Å²) in [7, 11) is 0. The van der Waals surface area contributed by atoms with Crippen molar-refractivity contribution in [1.82, 2.24) is 15.6 Å². The molecular weight excluding hydrogens is 260 g/mol. The molecule has 0 radical (unpaired) electrons. The molecule has 2 amide bonds. The van der Waals surface area contributed by atoms with Gasteiger partial charge in [0.05, 0.1) is 0 Å². The van der Waals surface area contributed by atoms with E-state index in [-0.39, 0.29) is 11.6 Å². The minimum atomic E-state index is -0.200.